The summed E-state index contributed by atoms with van der Waals surface area (Å²) in [6.07, 6.45) is 0. The monoisotopic (exact) mass is 1390 g/mol. The van der Waals surface area contributed by atoms with Crippen molar-refractivity contribution in [1.29, 1.82) is 0 Å². The Balaban J connectivity index is 1.13. The van der Waals surface area contributed by atoms with E-state index in [1.165, 1.54) is 76.8 Å². The third kappa shape index (κ3) is 13.0. The van der Waals surface area contributed by atoms with E-state index >= 15 is 0 Å². The van der Waals surface area contributed by atoms with Crippen molar-refractivity contribution >= 4 is 111 Å². The lowest BCUT2D eigenvalue weighted by atomic mass is 9.80. The van der Waals surface area contributed by atoms with Gasteiger partial charge in [0, 0.05) is 66.4 Å². The van der Waals surface area contributed by atoms with Crippen LogP contribution in [0.25, 0.3) is 82.5 Å². The molecule has 0 aliphatic heterocycles. The van der Waals surface area contributed by atoms with Gasteiger partial charge in [0.1, 0.15) is 0 Å². The van der Waals surface area contributed by atoms with Crippen molar-refractivity contribution in [3.63, 3.8) is 0 Å². The lowest BCUT2D eigenvalue weighted by Gasteiger charge is -2.35. The molecule has 0 radical (unpaired) electrons. The molecule has 3 aromatic heterocycles. The van der Waals surface area contributed by atoms with Gasteiger partial charge >= 0.3 is 0 Å². The normalized spacial score (nSPS) is 13.2. The Hall–Kier alpha value is -9.29. The van der Waals surface area contributed by atoms with E-state index in [0.717, 1.165) is 84.3 Å². The zero-order chi connectivity index (χ0) is 74.7. The van der Waals surface area contributed by atoms with Crippen LogP contribution in [0.5, 0.6) is 0 Å². The first kappa shape index (κ1) is 71.7. The van der Waals surface area contributed by atoms with Crippen LogP contribution in [0.4, 0.5) is 34.1 Å². The molecule has 0 aliphatic rings. The SMILES string of the molecule is CC(C)(C)c1cc(N(c2cccc(-n3c4ccc(C(C)(C)C)cc4c4cc(C(C)(C)C)ccc43)c2)c2cc(-n3c4ccccc4c4ccccc43)cc(N(c3cccc(-n4c5ccc(C(C)(C)C)cc5c5cc(C(C)(C)C)ccc54)c3)c3cc(C(C)(C)C)cc(C(C)(C)C)c3)c2Cl)cc(C(C)(C)C)c1. The quantitative estimate of drug-likeness (QED) is 0.144. The Morgan fingerprint density at radius 2 is 0.471 bits per heavy atom. The summed E-state index contributed by atoms with van der Waals surface area (Å²) >= 11 is 8.98. The van der Waals surface area contributed by atoms with Gasteiger partial charge in [0.25, 0.3) is 0 Å². The second kappa shape index (κ2) is 24.9. The fourth-order valence-corrected chi connectivity index (χ4v) is 15.6. The maximum Gasteiger partial charge on any atom is 0.0888 e. The minimum Gasteiger partial charge on any atom is -0.309 e. The summed E-state index contributed by atoms with van der Waals surface area (Å²) in [7, 11) is 0. The maximum absolute atomic E-state index is 8.98. The Bertz CT molecular complexity index is 5170. The highest BCUT2D eigenvalue weighted by molar-refractivity contribution is 6.37. The van der Waals surface area contributed by atoms with Gasteiger partial charge in [0.05, 0.1) is 55.2 Å². The number of benzene rings is 11. The number of halogens is 1. The number of anilines is 6. The molecule has 0 saturated carbocycles. The second-order valence-corrected chi connectivity index (χ2v) is 38.4. The largest absolute Gasteiger partial charge is 0.309 e. The molecule has 104 heavy (non-hydrogen) atoms. The number of hydrogen-bond acceptors (Lipinski definition) is 2. The molecule has 14 aromatic rings. The van der Waals surface area contributed by atoms with Gasteiger partial charge in [-0.25, -0.2) is 0 Å². The van der Waals surface area contributed by atoms with E-state index in [2.05, 4.69) is 408 Å². The van der Waals surface area contributed by atoms with Crippen molar-refractivity contribution < 1.29 is 0 Å². The predicted molar refractivity (Wildman–Crippen MR) is 453 cm³/mol. The fourth-order valence-electron chi connectivity index (χ4n) is 15.3. The summed E-state index contributed by atoms with van der Waals surface area (Å²) in [6, 6.07) is 84.1. The average molecular weight is 1390 g/mol. The Morgan fingerprint density at radius 1 is 0.212 bits per heavy atom. The van der Waals surface area contributed by atoms with E-state index in [-0.39, 0.29) is 43.3 Å². The number of para-hydroxylation sites is 2. The van der Waals surface area contributed by atoms with Crippen molar-refractivity contribution in [1.82, 2.24) is 13.7 Å². The van der Waals surface area contributed by atoms with Gasteiger partial charge in [-0.15, -0.1) is 0 Å². The van der Waals surface area contributed by atoms with Crippen molar-refractivity contribution in [3.8, 4) is 17.1 Å². The summed E-state index contributed by atoms with van der Waals surface area (Å²) < 4.78 is 7.46. The summed E-state index contributed by atoms with van der Waals surface area (Å²) in [6.45, 7) is 55.9. The molecule has 0 spiro atoms. The highest BCUT2D eigenvalue weighted by Crippen LogP contribution is 2.53. The van der Waals surface area contributed by atoms with Gasteiger partial charge in [0.2, 0.25) is 0 Å². The van der Waals surface area contributed by atoms with Gasteiger partial charge in [0.15, 0.2) is 0 Å². The average Bonchev–Trinajstić information content (AvgIpc) is 1.46. The van der Waals surface area contributed by atoms with Gasteiger partial charge < -0.3 is 23.5 Å². The first-order valence-electron chi connectivity index (χ1n) is 37.7. The molecule has 11 aromatic carbocycles. The fraction of sp³-hybridized carbons (Fsp3) is 0.327. The topological polar surface area (TPSA) is 21.3 Å². The highest BCUT2D eigenvalue weighted by atomic mass is 35.5. The predicted octanol–water partition coefficient (Wildman–Crippen LogP) is 29.0. The van der Waals surface area contributed by atoms with Crippen LogP contribution < -0.4 is 9.80 Å². The summed E-state index contributed by atoms with van der Waals surface area (Å²) in [5.74, 6) is 0. The molecule has 5 nitrogen and oxygen atoms in total. The Kier molecular flexibility index (Phi) is 17.2. The zero-order valence-electron chi connectivity index (χ0n) is 66.4. The molecule has 0 fully saturated rings. The highest BCUT2D eigenvalue weighted by Gasteiger charge is 2.33. The zero-order valence-corrected chi connectivity index (χ0v) is 67.2. The van der Waals surface area contributed by atoms with E-state index in [4.69, 9.17) is 11.6 Å². The van der Waals surface area contributed by atoms with Crippen LogP contribution in [0, 0.1) is 0 Å². The van der Waals surface area contributed by atoms with E-state index in [1.54, 1.807) is 0 Å². The van der Waals surface area contributed by atoms with Crippen LogP contribution in [-0.2, 0) is 43.3 Å². The molecule has 0 bridgehead atoms. The van der Waals surface area contributed by atoms with Crippen LogP contribution in [0.2, 0.25) is 5.02 Å². The minimum absolute atomic E-state index is 0.0490. The lowest BCUT2D eigenvalue weighted by Crippen LogP contribution is -2.21. The van der Waals surface area contributed by atoms with E-state index in [9.17, 15) is 0 Å². The van der Waals surface area contributed by atoms with Gasteiger partial charge in [-0.3, -0.25) is 0 Å². The molecule has 3 heterocycles. The van der Waals surface area contributed by atoms with Crippen LogP contribution in [-0.4, -0.2) is 13.7 Å². The maximum atomic E-state index is 8.98. The molecular formula is C98H108ClN5. The van der Waals surface area contributed by atoms with Crippen molar-refractivity contribution in [2.45, 2.75) is 209 Å². The number of aromatic nitrogens is 3. The van der Waals surface area contributed by atoms with Gasteiger partial charge in [-0.1, -0.05) is 263 Å². The molecule has 0 N–H and O–H groups in total. The molecule has 0 amide bonds. The molecule has 0 unspecified atom stereocenters. The van der Waals surface area contributed by atoms with Crippen molar-refractivity contribution in [2.75, 3.05) is 9.80 Å². The number of fused-ring (bicyclic) bond motifs is 9. The Morgan fingerprint density at radius 3 is 0.750 bits per heavy atom. The molecule has 532 valence electrons. The lowest BCUT2D eigenvalue weighted by molar-refractivity contribution is 0.568. The first-order valence-corrected chi connectivity index (χ1v) is 38.0. The van der Waals surface area contributed by atoms with E-state index in [0.29, 0.717) is 5.02 Å². The molecule has 0 saturated heterocycles. The summed E-state index contributed by atoms with van der Waals surface area (Å²) in [5, 5.41) is 7.95. The number of rotatable bonds is 9. The molecule has 6 heteroatoms. The number of hydrogen-bond donors (Lipinski definition) is 0. The smallest absolute Gasteiger partial charge is 0.0888 e. The standard InChI is InChI=1S/C98H108ClN5/c1-91(2,3)61-39-43-84-78(53-61)79-54-62(92(4,5)6)40-44-85(79)102(84)71-33-29-31-69(57-71)100(73-49-65(95(13,14)15)47-66(50-73)96(16,17)18)88-59-75(104-82-37-27-25-35-76(82)77-36-26-28-38-83(77)104)60-89(90(88)99)101(74-51-67(97(19,20)21)48-68(52-74)98(22,23)24)70-32-30-34-72(58-70)103-86-45-41-63(93(7,8)9)55-80(86)81-56-64(94(10,11)12)42-46-87(81)103/h25-60H,1-24H3. The van der Waals surface area contributed by atoms with Crippen LogP contribution >= 0.6 is 11.6 Å². The van der Waals surface area contributed by atoms with E-state index < -0.39 is 0 Å². The third-order valence-electron chi connectivity index (χ3n) is 21.8. The van der Waals surface area contributed by atoms with Crippen LogP contribution in [0.1, 0.15) is 211 Å². The number of nitrogens with zero attached hydrogens (tertiary/aromatic N) is 5. The molecule has 0 atom stereocenters. The van der Waals surface area contributed by atoms with Gasteiger partial charge in [-0.2, -0.15) is 0 Å². The second-order valence-electron chi connectivity index (χ2n) is 38.0. The summed E-state index contributed by atoms with van der Waals surface area (Å²) in [4.78, 5) is 4.97. The van der Waals surface area contributed by atoms with Gasteiger partial charge in [-0.05, 0) is 221 Å². The van der Waals surface area contributed by atoms with Crippen molar-refractivity contribution in [3.05, 3.63) is 268 Å². The molecule has 0 aliphatic carbocycles. The third-order valence-corrected chi connectivity index (χ3v) is 22.2. The van der Waals surface area contributed by atoms with E-state index in [1.807, 2.05) is 0 Å². The molecule has 14 rings (SSSR count). The summed E-state index contributed by atoms with van der Waals surface area (Å²) in [5.41, 5.74) is 24.8. The van der Waals surface area contributed by atoms with Crippen LogP contribution in [0.3, 0.4) is 0 Å². The van der Waals surface area contributed by atoms with Crippen LogP contribution in [0.15, 0.2) is 218 Å². The molecular weight excluding hydrogens is 1280 g/mol. The van der Waals surface area contributed by atoms with Crippen molar-refractivity contribution in [2.24, 2.45) is 0 Å². The first-order chi connectivity index (χ1) is 48.5. The Labute approximate surface area is 625 Å². The minimum atomic E-state index is -0.213.